The Morgan fingerprint density at radius 3 is 2.66 bits per heavy atom. The fourth-order valence-corrected chi connectivity index (χ4v) is 4.53. The van der Waals surface area contributed by atoms with Crippen molar-refractivity contribution in [1.82, 2.24) is 15.1 Å². The van der Waals surface area contributed by atoms with E-state index in [1.165, 1.54) is 6.07 Å². The summed E-state index contributed by atoms with van der Waals surface area (Å²) in [5.74, 6) is 0.627. The van der Waals surface area contributed by atoms with Gasteiger partial charge in [0.05, 0.1) is 16.9 Å². The lowest BCUT2D eigenvalue weighted by Crippen LogP contribution is -2.49. The summed E-state index contributed by atoms with van der Waals surface area (Å²) in [5.41, 5.74) is 0.270. The molecular formula is C21H28F3N5O2S. The Morgan fingerprint density at radius 2 is 2.03 bits per heavy atom. The molecule has 1 aromatic carbocycles. The first-order chi connectivity index (χ1) is 15.1. The summed E-state index contributed by atoms with van der Waals surface area (Å²) >= 11 is -2.54. The molecule has 1 aromatic heterocycles. The summed E-state index contributed by atoms with van der Waals surface area (Å²) in [6.07, 6.45) is -0.335. The summed E-state index contributed by atoms with van der Waals surface area (Å²) in [7, 11) is 2.13. The third-order valence-corrected chi connectivity index (χ3v) is 6.16. The van der Waals surface area contributed by atoms with Gasteiger partial charge in [-0.1, -0.05) is 19.4 Å². The van der Waals surface area contributed by atoms with Crippen molar-refractivity contribution in [3.8, 4) is 11.3 Å². The monoisotopic (exact) mass is 471 g/mol. The van der Waals surface area contributed by atoms with Crippen LogP contribution in [0.5, 0.6) is 0 Å². The van der Waals surface area contributed by atoms with Crippen LogP contribution in [-0.4, -0.2) is 49.5 Å². The first kappa shape index (κ1) is 24.4. The molecule has 1 fully saturated rings. The van der Waals surface area contributed by atoms with Gasteiger partial charge in [-0.3, -0.25) is 9.27 Å². The summed E-state index contributed by atoms with van der Waals surface area (Å²) in [6, 6.07) is 5.26. The number of aryl methyl sites for hydroxylation is 1. The SMILES string of the molecule is CCCC1C(Nc2nnc(-c3ccc(C(F)(F)F)cc3NS(=O)O)cc2C)CCCN1C. The van der Waals surface area contributed by atoms with Gasteiger partial charge in [-0.2, -0.15) is 13.2 Å². The number of nitrogens with one attached hydrogen (secondary N) is 2. The lowest BCUT2D eigenvalue weighted by molar-refractivity contribution is -0.137. The Hall–Kier alpha value is -2.24. The second kappa shape index (κ2) is 10.1. The number of hydrogen-bond acceptors (Lipinski definition) is 5. The van der Waals surface area contributed by atoms with Crippen LogP contribution in [0.3, 0.4) is 0 Å². The van der Waals surface area contributed by atoms with E-state index in [0.717, 1.165) is 49.9 Å². The topological polar surface area (TPSA) is 90.4 Å². The van der Waals surface area contributed by atoms with Crippen molar-refractivity contribution in [2.75, 3.05) is 23.6 Å². The van der Waals surface area contributed by atoms with Gasteiger partial charge in [0.25, 0.3) is 11.3 Å². The number of rotatable bonds is 7. The molecule has 0 amide bonds. The normalized spacial score (nSPS) is 20.7. The zero-order valence-corrected chi connectivity index (χ0v) is 19.1. The van der Waals surface area contributed by atoms with E-state index >= 15 is 0 Å². The molecule has 1 aliphatic heterocycles. The lowest BCUT2D eigenvalue weighted by atomic mass is 9.93. The number of halogens is 3. The van der Waals surface area contributed by atoms with Gasteiger partial charge in [0.2, 0.25) is 0 Å². The molecule has 176 valence electrons. The highest BCUT2D eigenvalue weighted by atomic mass is 32.2. The number of likely N-dealkylation sites (N-methyl/N-ethyl adjacent to an activating group) is 1. The molecular weight excluding hydrogens is 443 g/mol. The van der Waals surface area contributed by atoms with Crippen molar-refractivity contribution in [2.45, 2.75) is 57.8 Å². The number of likely N-dealkylation sites (tertiary alicyclic amines) is 1. The Morgan fingerprint density at radius 1 is 1.28 bits per heavy atom. The van der Waals surface area contributed by atoms with Gasteiger partial charge in [0.15, 0.2) is 5.82 Å². The van der Waals surface area contributed by atoms with Crippen LogP contribution >= 0.6 is 0 Å². The third kappa shape index (κ3) is 5.76. The smallest absolute Gasteiger partial charge is 0.364 e. The van der Waals surface area contributed by atoms with E-state index in [-0.39, 0.29) is 17.3 Å². The maximum Gasteiger partial charge on any atom is 0.416 e. The van der Waals surface area contributed by atoms with Gasteiger partial charge < -0.3 is 10.2 Å². The van der Waals surface area contributed by atoms with E-state index in [0.29, 0.717) is 17.6 Å². The van der Waals surface area contributed by atoms with Crippen molar-refractivity contribution in [3.63, 3.8) is 0 Å². The van der Waals surface area contributed by atoms with E-state index in [1.807, 2.05) is 6.92 Å². The molecule has 0 aliphatic carbocycles. The highest BCUT2D eigenvalue weighted by molar-refractivity contribution is 7.80. The van der Waals surface area contributed by atoms with Gasteiger partial charge in [0.1, 0.15) is 0 Å². The van der Waals surface area contributed by atoms with Gasteiger partial charge >= 0.3 is 6.18 Å². The minimum absolute atomic E-state index is 0.146. The third-order valence-electron chi connectivity index (χ3n) is 5.77. The van der Waals surface area contributed by atoms with Crippen LogP contribution in [0.1, 0.15) is 43.7 Å². The molecule has 3 N–H and O–H groups in total. The standard InChI is InChI=1S/C21H28F3N5O2S/c1-4-6-19-16(7-5-10-29(19)3)25-20-13(2)11-17(26-27-20)15-9-8-14(21(22,23)24)12-18(15)28-32(30)31/h8-9,11-12,16,19,28H,4-7,10H2,1-3H3,(H,25,27)(H,30,31). The molecule has 1 saturated heterocycles. The summed E-state index contributed by atoms with van der Waals surface area (Å²) in [5, 5.41) is 12.0. The number of piperidine rings is 1. The van der Waals surface area contributed by atoms with Crippen molar-refractivity contribution < 1.29 is 21.9 Å². The number of aromatic nitrogens is 2. The van der Waals surface area contributed by atoms with Crippen molar-refractivity contribution >= 4 is 22.8 Å². The Labute approximate surface area is 188 Å². The number of anilines is 2. The molecule has 7 nitrogen and oxygen atoms in total. The Bertz CT molecular complexity index is 973. The Kier molecular flexibility index (Phi) is 7.73. The second-order valence-electron chi connectivity index (χ2n) is 8.10. The summed E-state index contributed by atoms with van der Waals surface area (Å²) in [4.78, 5) is 2.36. The molecule has 1 aliphatic rings. The number of benzene rings is 1. The van der Waals surface area contributed by atoms with Gasteiger partial charge in [-0.15, -0.1) is 10.2 Å². The van der Waals surface area contributed by atoms with E-state index < -0.39 is 23.0 Å². The average Bonchev–Trinajstić information content (AvgIpc) is 2.71. The van der Waals surface area contributed by atoms with Crippen LogP contribution in [0.2, 0.25) is 0 Å². The number of hydrogen-bond donors (Lipinski definition) is 3. The van der Waals surface area contributed by atoms with Gasteiger partial charge in [-0.05, 0) is 63.5 Å². The molecule has 0 saturated carbocycles. The maximum absolute atomic E-state index is 13.1. The zero-order valence-electron chi connectivity index (χ0n) is 18.2. The van der Waals surface area contributed by atoms with E-state index in [2.05, 4.69) is 39.1 Å². The van der Waals surface area contributed by atoms with E-state index in [4.69, 9.17) is 0 Å². The van der Waals surface area contributed by atoms with Crippen molar-refractivity contribution in [1.29, 1.82) is 0 Å². The van der Waals surface area contributed by atoms with Crippen LogP contribution in [-0.2, 0) is 17.4 Å². The van der Waals surface area contributed by atoms with E-state index in [9.17, 15) is 21.9 Å². The van der Waals surface area contributed by atoms with Crippen molar-refractivity contribution in [2.24, 2.45) is 0 Å². The second-order valence-corrected chi connectivity index (χ2v) is 8.80. The number of nitrogens with zero attached hydrogens (tertiary/aromatic N) is 3. The van der Waals surface area contributed by atoms with Gasteiger partial charge in [0, 0.05) is 17.6 Å². The fourth-order valence-electron chi connectivity index (χ4n) is 4.17. The van der Waals surface area contributed by atoms with Crippen LogP contribution in [0.4, 0.5) is 24.7 Å². The molecule has 0 bridgehead atoms. The summed E-state index contributed by atoms with van der Waals surface area (Å²) < 4.78 is 61.8. The van der Waals surface area contributed by atoms with Crippen LogP contribution in [0.15, 0.2) is 24.3 Å². The van der Waals surface area contributed by atoms with Crippen LogP contribution in [0.25, 0.3) is 11.3 Å². The first-order valence-electron chi connectivity index (χ1n) is 10.5. The Balaban J connectivity index is 1.90. The van der Waals surface area contributed by atoms with Gasteiger partial charge in [-0.25, -0.2) is 4.21 Å². The highest BCUT2D eigenvalue weighted by Crippen LogP contribution is 2.36. The first-order valence-corrected chi connectivity index (χ1v) is 11.6. The molecule has 3 rings (SSSR count). The largest absolute Gasteiger partial charge is 0.416 e. The molecule has 2 heterocycles. The minimum Gasteiger partial charge on any atom is -0.364 e. The molecule has 32 heavy (non-hydrogen) atoms. The van der Waals surface area contributed by atoms with Crippen molar-refractivity contribution in [3.05, 3.63) is 35.4 Å². The predicted molar refractivity (Wildman–Crippen MR) is 120 cm³/mol. The zero-order chi connectivity index (χ0) is 23.5. The quantitative estimate of drug-likeness (QED) is 0.508. The summed E-state index contributed by atoms with van der Waals surface area (Å²) in [6.45, 7) is 5.07. The molecule has 2 aromatic rings. The molecule has 3 unspecified atom stereocenters. The molecule has 0 radical (unpaired) electrons. The predicted octanol–water partition coefficient (Wildman–Crippen LogP) is 4.69. The lowest BCUT2D eigenvalue weighted by Gasteiger charge is -2.40. The van der Waals surface area contributed by atoms with Crippen LogP contribution < -0.4 is 10.0 Å². The molecule has 3 atom stereocenters. The van der Waals surface area contributed by atoms with E-state index in [1.54, 1.807) is 6.07 Å². The fraction of sp³-hybridized carbons (Fsp3) is 0.524. The highest BCUT2D eigenvalue weighted by Gasteiger charge is 2.32. The average molecular weight is 472 g/mol. The maximum atomic E-state index is 13.1. The molecule has 0 spiro atoms. The number of alkyl halides is 3. The molecule has 11 heteroatoms. The minimum atomic E-state index is -4.58. The van der Waals surface area contributed by atoms with Crippen LogP contribution in [0, 0.1) is 6.92 Å².